The van der Waals surface area contributed by atoms with Gasteiger partial charge in [0, 0.05) is 12.6 Å². The zero-order valence-corrected chi connectivity index (χ0v) is 18.9. The summed E-state index contributed by atoms with van der Waals surface area (Å²) in [5.74, 6) is -0.521. The molecule has 8 nitrogen and oxygen atoms in total. The fourth-order valence-electron chi connectivity index (χ4n) is 2.91. The third-order valence-electron chi connectivity index (χ3n) is 4.81. The van der Waals surface area contributed by atoms with Gasteiger partial charge >= 0.3 is 5.97 Å². The van der Waals surface area contributed by atoms with Crippen molar-refractivity contribution >= 4 is 17.8 Å². The van der Waals surface area contributed by atoms with E-state index in [4.69, 9.17) is 14.2 Å². The van der Waals surface area contributed by atoms with Crippen LogP contribution in [0.4, 0.5) is 0 Å². The molecular weight excluding hydrogens is 412 g/mol. The number of carbonyl (C=O) groups is 3. The highest BCUT2D eigenvalue weighted by atomic mass is 16.5. The number of amides is 2. The number of hydrogen-bond acceptors (Lipinski definition) is 6. The van der Waals surface area contributed by atoms with Gasteiger partial charge in [-0.05, 0) is 44.5 Å². The Kier molecular flexibility index (Phi) is 9.53. The summed E-state index contributed by atoms with van der Waals surface area (Å²) in [5.41, 5.74) is 1.29. The third-order valence-corrected chi connectivity index (χ3v) is 4.81. The molecule has 0 saturated carbocycles. The maximum absolute atomic E-state index is 12.4. The summed E-state index contributed by atoms with van der Waals surface area (Å²) >= 11 is 0. The molecule has 0 saturated heterocycles. The van der Waals surface area contributed by atoms with Gasteiger partial charge in [-0.3, -0.25) is 14.4 Å². The molecule has 0 heterocycles. The molecule has 0 aromatic heterocycles. The largest absolute Gasteiger partial charge is 0.490 e. The predicted molar refractivity (Wildman–Crippen MR) is 120 cm³/mol. The first-order chi connectivity index (χ1) is 15.4. The molecule has 172 valence electrons. The molecular formula is C24H30N2O6. The molecule has 2 aromatic rings. The summed E-state index contributed by atoms with van der Waals surface area (Å²) in [4.78, 5) is 38.2. The van der Waals surface area contributed by atoms with E-state index in [9.17, 15) is 14.4 Å². The fourth-order valence-corrected chi connectivity index (χ4v) is 2.91. The topological polar surface area (TPSA) is 94.2 Å². The Hall–Kier alpha value is -3.55. The summed E-state index contributed by atoms with van der Waals surface area (Å²) in [6.45, 7) is 5.70. The van der Waals surface area contributed by atoms with Crippen molar-refractivity contribution in [2.24, 2.45) is 0 Å². The first kappa shape index (κ1) is 24.7. The Morgan fingerprint density at radius 2 is 1.62 bits per heavy atom. The van der Waals surface area contributed by atoms with Gasteiger partial charge < -0.3 is 24.4 Å². The number of nitrogens with zero attached hydrogens (tertiary/aromatic N) is 1. The molecule has 2 amide bonds. The van der Waals surface area contributed by atoms with E-state index in [1.54, 1.807) is 25.2 Å². The summed E-state index contributed by atoms with van der Waals surface area (Å²) in [5, 5.41) is 2.49. The van der Waals surface area contributed by atoms with E-state index in [-0.39, 0.29) is 18.5 Å². The maximum atomic E-state index is 12.4. The van der Waals surface area contributed by atoms with Crippen molar-refractivity contribution in [3.63, 3.8) is 0 Å². The first-order valence-corrected chi connectivity index (χ1v) is 10.5. The van der Waals surface area contributed by atoms with Crippen LogP contribution in [0.1, 0.15) is 42.7 Å². The Bertz CT molecular complexity index is 916. The highest BCUT2D eigenvalue weighted by molar-refractivity contribution is 5.96. The van der Waals surface area contributed by atoms with E-state index < -0.39 is 18.5 Å². The van der Waals surface area contributed by atoms with E-state index in [0.717, 1.165) is 5.56 Å². The van der Waals surface area contributed by atoms with Crippen molar-refractivity contribution in [3.05, 3.63) is 59.7 Å². The van der Waals surface area contributed by atoms with Gasteiger partial charge in [-0.25, -0.2) is 0 Å². The van der Waals surface area contributed by atoms with Gasteiger partial charge in [0.15, 0.2) is 18.1 Å². The van der Waals surface area contributed by atoms with E-state index in [2.05, 4.69) is 5.32 Å². The van der Waals surface area contributed by atoms with Crippen molar-refractivity contribution < 1.29 is 28.6 Å². The highest BCUT2D eigenvalue weighted by Crippen LogP contribution is 2.28. The molecule has 1 atom stereocenters. The number of nitrogens with one attached hydrogen (secondary N) is 1. The lowest BCUT2D eigenvalue weighted by molar-refractivity contribution is -0.151. The Labute approximate surface area is 188 Å². The second-order valence-electron chi connectivity index (χ2n) is 6.96. The van der Waals surface area contributed by atoms with Crippen molar-refractivity contribution in [1.29, 1.82) is 0 Å². The summed E-state index contributed by atoms with van der Waals surface area (Å²) in [7, 11) is 1.65. The average molecular weight is 443 g/mol. The van der Waals surface area contributed by atoms with Crippen LogP contribution in [-0.2, 0) is 14.3 Å². The Balaban J connectivity index is 1.84. The normalized spacial score (nSPS) is 11.2. The lowest BCUT2D eigenvalue weighted by atomic mass is 10.1. The SMILES string of the molecule is CCOc1ccc(C(=O)NCC(=O)OCC(=O)N(C)C(C)c2ccccc2)cc1OCC. The number of ether oxygens (including phenoxy) is 3. The number of esters is 1. The second kappa shape index (κ2) is 12.3. The van der Waals surface area contributed by atoms with Crippen LogP contribution in [0.15, 0.2) is 48.5 Å². The van der Waals surface area contributed by atoms with Gasteiger partial charge in [0.05, 0.1) is 19.3 Å². The minimum Gasteiger partial charge on any atom is -0.490 e. The monoisotopic (exact) mass is 442 g/mol. The molecule has 1 unspecified atom stereocenters. The zero-order chi connectivity index (χ0) is 23.5. The highest BCUT2D eigenvalue weighted by Gasteiger charge is 2.19. The zero-order valence-electron chi connectivity index (χ0n) is 18.9. The quantitative estimate of drug-likeness (QED) is 0.538. The molecule has 0 bridgehead atoms. The molecule has 0 fully saturated rings. The molecule has 0 aliphatic rings. The van der Waals surface area contributed by atoms with Crippen LogP contribution >= 0.6 is 0 Å². The standard InChI is InChI=1S/C24H30N2O6/c1-5-30-20-13-12-19(14-21(20)31-6-2)24(29)25-15-23(28)32-16-22(27)26(4)17(3)18-10-8-7-9-11-18/h7-14,17H,5-6,15-16H2,1-4H3,(H,25,29). The van der Waals surface area contributed by atoms with Crippen LogP contribution in [0.2, 0.25) is 0 Å². The number of benzene rings is 2. The number of rotatable bonds is 11. The molecule has 0 spiro atoms. The number of carbonyl (C=O) groups excluding carboxylic acids is 3. The van der Waals surface area contributed by atoms with Gasteiger partial charge in [-0.2, -0.15) is 0 Å². The lowest BCUT2D eigenvalue weighted by Crippen LogP contribution is -2.36. The predicted octanol–water partition coefficient (Wildman–Crippen LogP) is 2.98. The smallest absolute Gasteiger partial charge is 0.325 e. The molecule has 0 aliphatic carbocycles. The van der Waals surface area contributed by atoms with Gasteiger partial charge in [0.25, 0.3) is 11.8 Å². The van der Waals surface area contributed by atoms with Crippen molar-refractivity contribution in [3.8, 4) is 11.5 Å². The van der Waals surface area contributed by atoms with Gasteiger partial charge in [0.2, 0.25) is 0 Å². The Morgan fingerprint density at radius 1 is 0.969 bits per heavy atom. The van der Waals surface area contributed by atoms with E-state index in [0.29, 0.717) is 30.3 Å². The second-order valence-corrected chi connectivity index (χ2v) is 6.96. The van der Waals surface area contributed by atoms with Crippen LogP contribution in [0, 0.1) is 0 Å². The molecule has 0 radical (unpaired) electrons. The summed E-state index contributed by atoms with van der Waals surface area (Å²) < 4.78 is 16.0. The van der Waals surface area contributed by atoms with Gasteiger partial charge in [-0.1, -0.05) is 30.3 Å². The number of likely N-dealkylation sites (N-methyl/N-ethyl adjacent to an activating group) is 1. The molecule has 32 heavy (non-hydrogen) atoms. The van der Waals surface area contributed by atoms with Gasteiger partial charge in [-0.15, -0.1) is 0 Å². The molecule has 8 heteroatoms. The third kappa shape index (κ3) is 7.01. The lowest BCUT2D eigenvalue weighted by Gasteiger charge is -2.25. The number of hydrogen-bond donors (Lipinski definition) is 1. The van der Waals surface area contributed by atoms with E-state index in [1.165, 1.54) is 4.90 Å². The van der Waals surface area contributed by atoms with Crippen molar-refractivity contribution in [1.82, 2.24) is 10.2 Å². The average Bonchev–Trinajstić information content (AvgIpc) is 2.81. The van der Waals surface area contributed by atoms with Crippen molar-refractivity contribution in [2.75, 3.05) is 33.4 Å². The first-order valence-electron chi connectivity index (χ1n) is 10.5. The van der Waals surface area contributed by atoms with Crippen molar-refractivity contribution in [2.45, 2.75) is 26.8 Å². The van der Waals surface area contributed by atoms with Crippen LogP contribution in [0.25, 0.3) is 0 Å². The summed E-state index contributed by atoms with van der Waals surface area (Å²) in [6.07, 6.45) is 0. The summed E-state index contributed by atoms with van der Waals surface area (Å²) in [6, 6.07) is 14.2. The minimum atomic E-state index is -0.705. The van der Waals surface area contributed by atoms with Crippen LogP contribution < -0.4 is 14.8 Å². The maximum Gasteiger partial charge on any atom is 0.325 e. The fraction of sp³-hybridized carbons (Fsp3) is 0.375. The van der Waals surface area contributed by atoms with Gasteiger partial charge in [0.1, 0.15) is 6.54 Å². The molecule has 0 aliphatic heterocycles. The Morgan fingerprint density at radius 3 is 2.28 bits per heavy atom. The van der Waals surface area contributed by atoms with E-state index in [1.807, 2.05) is 51.1 Å². The molecule has 2 rings (SSSR count). The van der Waals surface area contributed by atoms with Crippen LogP contribution in [0.5, 0.6) is 11.5 Å². The molecule has 1 N–H and O–H groups in total. The van der Waals surface area contributed by atoms with Crippen LogP contribution in [-0.4, -0.2) is 56.1 Å². The minimum absolute atomic E-state index is 0.165. The molecule has 2 aromatic carbocycles. The van der Waals surface area contributed by atoms with E-state index >= 15 is 0 Å². The van der Waals surface area contributed by atoms with Crippen LogP contribution in [0.3, 0.4) is 0 Å².